The number of rotatable bonds is 13. The number of alkyl halides is 1. The van der Waals surface area contributed by atoms with E-state index in [9.17, 15) is 33.6 Å². The van der Waals surface area contributed by atoms with E-state index in [1.165, 1.54) is 12.1 Å². The molecule has 20 heteroatoms. The highest BCUT2D eigenvalue weighted by Crippen LogP contribution is 2.50. The first kappa shape index (κ1) is 46.7. The van der Waals surface area contributed by atoms with Crippen LogP contribution in [0.15, 0.2) is 77.7 Å². The third-order valence-corrected chi connectivity index (χ3v) is 10.7. The molecule has 2 heterocycles. The predicted molar refractivity (Wildman–Crippen MR) is 215 cm³/mol. The molecule has 322 valence electrons. The number of carbonyl (C=O) groups is 4. The maximum absolute atomic E-state index is 16.6. The van der Waals surface area contributed by atoms with Gasteiger partial charge in [0.15, 0.2) is 18.1 Å². The van der Waals surface area contributed by atoms with Crippen LogP contribution >= 0.6 is 19.5 Å². The number of nitrogens with zero attached hydrogens (tertiary/aromatic N) is 3. The molecule has 0 aliphatic carbocycles. The van der Waals surface area contributed by atoms with E-state index in [4.69, 9.17) is 28.0 Å². The van der Waals surface area contributed by atoms with Gasteiger partial charge in [0, 0.05) is 6.20 Å². The molecule has 2 N–H and O–H groups in total. The average Bonchev–Trinajstić information content (AvgIpc) is 3.39. The van der Waals surface area contributed by atoms with Crippen LogP contribution in [0, 0.1) is 0 Å². The number of para-hydroxylation sites is 1. The second-order valence-electron chi connectivity index (χ2n) is 16.2. The molecule has 2 amide bonds. The number of amides is 2. The van der Waals surface area contributed by atoms with Gasteiger partial charge in [-0.2, -0.15) is 15.0 Å². The van der Waals surface area contributed by atoms with Gasteiger partial charge in [-0.3, -0.25) is 13.9 Å². The second-order valence-corrected chi connectivity index (χ2v) is 19.3. The van der Waals surface area contributed by atoms with E-state index in [1.807, 2.05) is 0 Å². The Morgan fingerprint density at radius 1 is 0.881 bits per heavy atom. The summed E-state index contributed by atoms with van der Waals surface area (Å²) < 4.78 is 64.9. The topological polar surface area (TPSA) is 211 Å². The number of hydrogen-bond donors (Lipinski definition) is 2. The minimum Gasteiger partial charge on any atom is -0.480 e. The van der Waals surface area contributed by atoms with E-state index >= 15 is 4.39 Å². The molecule has 1 aromatic heterocycles. The van der Waals surface area contributed by atoms with Gasteiger partial charge in [0.1, 0.15) is 34.0 Å². The summed E-state index contributed by atoms with van der Waals surface area (Å²) in [7, 11) is -4.64. The number of hydrogen-bond acceptors (Lipinski definition) is 14. The number of nitrogens with one attached hydrogen (secondary N) is 1. The Bertz CT molecular complexity index is 2030. The smallest absolute Gasteiger partial charge is 0.480 e. The van der Waals surface area contributed by atoms with E-state index in [2.05, 4.69) is 10.1 Å². The molecule has 0 spiro atoms. The molecule has 17 nitrogen and oxygen atoms in total. The first-order valence-electron chi connectivity index (χ1n) is 18.4. The van der Waals surface area contributed by atoms with Gasteiger partial charge in [-0.15, -0.1) is 11.8 Å². The van der Waals surface area contributed by atoms with Crippen molar-refractivity contribution in [2.45, 2.75) is 114 Å². The summed E-state index contributed by atoms with van der Waals surface area (Å²) in [5.74, 6) is -1.80. The van der Waals surface area contributed by atoms with Crippen molar-refractivity contribution < 1.29 is 61.2 Å². The van der Waals surface area contributed by atoms with Gasteiger partial charge in [0.05, 0.1) is 11.9 Å². The second kappa shape index (κ2) is 19.0. The lowest BCUT2D eigenvalue weighted by atomic mass is 10.1. The lowest BCUT2D eigenvalue weighted by Crippen LogP contribution is -2.45. The van der Waals surface area contributed by atoms with Crippen molar-refractivity contribution >= 4 is 49.6 Å². The van der Waals surface area contributed by atoms with Gasteiger partial charge in [-0.1, -0.05) is 48.5 Å². The third kappa shape index (κ3) is 14.1. The van der Waals surface area contributed by atoms with Crippen LogP contribution in [-0.4, -0.2) is 85.9 Å². The summed E-state index contributed by atoms with van der Waals surface area (Å²) in [5.41, 5.74) is -3.68. The van der Waals surface area contributed by atoms with E-state index in [0.29, 0.717) is 10.5 Å². The Labute approximate surface area is 345 Å². The fraction of sp³-hybridized carbons (Fsp3) is 0.487. The van der Waals surface area contributed by atoms with Gasteiger partial charge in [-0.05, 0) is 92.5 Å². The third-order valence-electron chi connectivity index (χ3n) is 7.63. The highest BCUT2D eigenvalue weighted by Gasteiger charge is 2.50. The maximum atomic E-state index is 16.6. The van der Waals surface area contributed by atoms with Crippen LogP contribution in [0.4, 0.5) is 24.6 Å². The summed E-state index contributed by atoms with van der Waals surface area (Å²) >= 11 is 0.744. The summed E-state index contributed by atoms with van der Waals surface area (Å²) in [4.78, 5) is 69.6. The number of anilines is 1. The SMILES string of the molecule is CC(C)(C)OC(=O)O[C@H]1[C@H](F)[C@H](n2ccc(N(C(=O)OC(C)(C)C)C(=O)OC(C)(C)C)nc2=O)S[C@@H]1COP(=O)(NC(Cc1ccccc1)C(=O)O)Oc1ccccc1. The van der Waals surface area contributed by atoms with E-state index < -0.39 is 95.9 Å². The van der Waals surface area contributed by atoms with Gasteiger partial charge in [0.2, 0.25) is 0 Å². The molecule has 3 aromatic rings. The molecular formula is C39H50FN4O13PS. The zero-order chi connectivity index (χ0) is 43.9. The van der Waals surface area contributed by atoms with Gasteiger partial charge < -0.3 is 28.6 Å². The average molecular weight is 865 g/mol. The Morgan fingerprint density at radius 2 is 1.42 bits per heavy atom. The zero-order valence-corrected chi connectivity index (χ0v) is 35.9. The largest absolute Gasteiger partial charge is 0.509 e. The number of aromatic nitrogens is 2. The Balaban J connectivity index is 1.68. The van der Waals surface area contributed by atoms with Crippen LogP contribution in [0.5, 0.6) is 5.75 Å². The van der Waals surface area contributed by atoms with E-state index in [1.54, 1.807) is 111 Å². The summed E-state index contributed by atoms with van der Waals surface area (Å²) in [6, 6.07) is 15.9. The summed E-state index contributed by atoms with van der Waals surface area (Å²) in [6.07, 6.45) is -6.54. The van der Waals surface area contributed by atoms with Crippen molar-refractivity contribution in [1.82, 2.24) is 14.6 Å². The number of imide groups is 1. The molecule has 2 aromatic carbocycles. The van der Waals surface area contributed by atoms with Gasteiger partial charge >= 0.3 is 37.7 Å². The molecule has 1 aliphatic heterocycles. The minimum absolute atomic E-state index is 0.0542. The highest BCUT2D eigenvalue weighted by atomic mass is 32.2. The number of ether oxygens (including phenoxy) is 4. The molecule has 0 bridgehead atoms. The lowest BCUT2D eigenvalue weighted by Gasteiger charge is -2.28. The first-order chi connectivity index (χ1) is 27.3. The quantitative estimate of drug-likeness (QED) is 0.0958. The number of halogens is 1. The van der Waals surface area contributed by atoms with Gasteiger partial charge in [0.25, 0.3) is 0 Å². The Hall–Kier alpha value is -4.97. The monoisotopic (exact) mass is 864 g/mol. The summed E-state index contributed by atoms with van der Waals surface area (Å²) in [5, 5.41) is 9.90. The fourth-order valence-corrected chi connectivity index (χ4v) is 8.37. The van der Waals surface area contributed by atoms with Crippen LogP contribution in [0.3, 0.4) is 0 Å². The van der Waals surface area contributed by atoms with Crippen LogP contribution in [0.2, 0.25) is 0 Å². The zero-order valence-electron chi connectivity index (χ0n) is 34.2. The molecule has 59 heavy (non-hydrogen) atoms. The number of carboxylic acid groups (broad SMARTS) is 1. The van der Waals surface area contributed by atoms with Crippen LogP contribution < -0.4 is 20.2 Å². The number of benzene rings is 2. The minimum atomic E-state index is -4.64. The highest BCUT2D eigenvalue weighted by molar-refractivity contribution is 8.00. The Kier molecular flexibility index (Phi) is 15.0. The van der Waals surface area contributed by atoms with Crippen molar-refractivity contribution in [2.75, 3.05) is 11.5 Å². The lowest BCUT2D eigenvalue weighted by molar-refractivity contribution is -0.139. The van der Waals surface area contributed by atoms with Crippen molar-refractivity contribution in [3.63, 3.8) is 0 Å². The molecule has 1 fully saturated rings. The van der Waals surface area contributed by atoms with Gasteiger partial charge in [-0.25, -0.2) is 28.1 Å². The fourth-order valence-electron chi connectivity index (χ4n) is 5.29. The molecule has 1 aliphatic rings. The Morgan fingerprint density at radius 3 is 1.93 bits per heavy atom. The van der Waals surface area contributed by atoms with Crippen LogP contribution in [-0.2, 0) is 39.3 Å². The predicted octanol–water partition coefficient (Wildman–Crippen LogP) is 7.68. The van der Waals surface area contributed by atoms with E-state index in [-0.39, 0.29) is 12.2 Å². The van der Waals surface area contributed by atoms with Crippen molar-refractivity contribution in [2.24, 2.45) is 0 Å². The molecular weight excluding hydrogens is 814 g/mol. The number of aliphatic carboxylic acids is 1. The van der Waals surface area contributed by atoms with Crippen molar-refractivity contribution in [3.8, 4) is 5.75 Å². The first-order valence-corrected chi connectivity index (χ1v) is 20.9. The van der Waals surface area contributed by atoms with E-state index in [0.717, 1.165) is 28.6 Å². The maximum Gasteiger partial charge on any atom is 0.509 e. The molecule has 4 rings (SSSR count). The standard InChI is InChI=1S/C39H50FN4O13PS/c1-37(2,3)54-34(48)44(35(49)55-38(4,5)6)28-20-21-43(33(47)41-28)31-29(40)30(53-36(50)56-39(7,8)9)27(59-31)23-52-58(51,57-25-18-14-11-15-19-25)42-26(32(45)46)22-24-16-12-10-13-17-24/h10-21,26-27,29-31H,22-23H2,1-9H3,(H,42,51)(H,45,46)/t26?,27-,29+,30-,31-,58?/m1/s1. The summed E-state index contributed by atoms with van der Waals surface area (Å²) in [6.45, 7) is 13.4. The molecule has 2 unspecified atom stereocenters. The number of carbonyl (C=O) groups excluding carboxylic acids is 3. The normalized spacial score (nSPS) is 19.8. The molecule has 0 saturated carbocycles. The molecule has 0 radical (unpaired) electrons. The number of carboxylic acids is 1. The van der Waals surface area contributed by atoms with Crippen LogP contribution in [0.1, 0.15) is 73.3 Å². The van der Waals surface area contributed by atoms with Crippen molar-refractivity contribution in [1.29, 1.82) is 0 Å². The molecule has 1 saturated heterocycles. The van der Waals surface area contributed by atoms with Crippen molar-refractivity contribution in [3.05, 3.63) is 89.0 Å². The number of thioether (sulfide) groups is 1. The van der Waals surface area contributed by atoms with Crippen LogP contribution in [0.25, 0.3) is 0 Å². The molecule has 6 atom stereocenters.